The molecule has 1 fully saturated rings. The van der Waals surface area contributed by atoms with Crippen molar-refractivity contribution in [2.45, 2.75) is 44.2 Å². The van der Waals surface area contributed by atoms with Gasteiger partial charge in [0.15, 0.2) is 0 Å². The van der Waals surface area contributed by atoms with Crippen molar-refractivity contribution in [1.82, 2.24) is 9.80 Å². The first-order valence-electron chi connectivity index (χ1n) is 9.55. The molecule has 1 unspecified atom stereocenters. The molecule has 9 heteroatoms. The van der Waals surface area contributed by atoms with Gasteiger partial charge in [0, 0.05) is 19.3 Å². The molecule has 2 heterocycles. The highest BCUT2D eigenvalue weighted by Crippen LogP contribution is 2.46. The average Bonchev–Trinajstić information content (AvgIpc) is 3.19. The standard InChI is InChI=1S/C20H26N4O5/c1-11(2)8-14(23(3)19(28)29)17(26)24-10-20(9-15(24)16(21)25)12-6-4-5-7-13(12)22-18(20)27/h4-7,11,14-15H,8-10H2,1-3H3,(H2,21,25)(H,22,27)(H,28,29)/t14?,15-,20-/m0/s1. The third-order valence-corrected chi connectivity index (χ3v) is 5.84. The molecule has 0 aromatic heterocycles. The third kappa shape index (κ3) is 3.41. The minimum atomic E-state index is -1.24. The lowest BCUT2D eigenvalue weighted by molar-refractivity contribution is -0.141. The molecular weight excluding hydrogens is 376 g/mol. The van der Waals surface area contributed by atoms with E-state index in [4.69, 9.17) is 5.73 Å². The number of amides is 4. The van der Waals surface area contributed by atoms with Crippen molar-refractivity contribution in [3.63, 3.8) is 0 Å². The second-order valence-electron chi connectivity index (χ2n) is 8.21. The zero-order valence-corrected chi connectivity index (χ0v) is 16.7. The predicted molar refractivity (Wildman–Crippen MR) is 105 cm³/mol. The van der Waals surface area contributed by atoms with Crippen LogP contribution in [-0.2, 0) is 19.8 Å². The number of likely N-dealkylation sites (tertiary alicyclic amines) is 1. The van der Waals surface area contributed by atoms with Crippen LogP contribution in [0, 0.1) is 5.92 Å². The van der Waals surface area contributed by atoms with Crippen molar-refractivity contribution in [3.8, 4) is 0 Å². The van der Waals surface area contributed by atoms with Crippen LogP contribution >= 0.6 is 0 Å². The summed E-state index contributed by atoms with van der Waals surface area (Å²) in [6.07, 6.45) is -0.876. The number of carbonyl (C=O) groups is 4. The van der Waals surface area contributed by atoms with Crippen molar-refractivity contribution >= 4 is 29.5 Å². The number of carboxylic acid groups (broad SMARTS) is 1. The fraction of sp³-hybridized carbons (Fsp3) is 0.500. The molecule has 4 N–H and O–H groups in total. The molecule has 4 amide bonds. The molecule has 29 heavy (non-hydrogen) atoms. The zero-order chi connectivity index (χ0) is 21.5. The molecule has 3 rings (SSSR count). The number of nitrogens with one attached hydrogen (secondary N) is 1. The minimum absolute atomic E-state index is 0.0235. The topological polar surface area (TPSA) is 133 Å². The fourth-order valence-electron chi connectivity index (χ4n) is 4.32. The number of para-hydroxylation sites is 1. The van der Waals surface area contributed by atoms with E-state index in [1.807, 2.05) is 13.8 Å². The summed E-state index contributed by atoms with van der Waals surface area (Å²) in [4.78, 5) is 52.2. The Morgan fingerprint density at radius 2 is 2.00 bits per heavy atom. The number of primary amides is 1. The quantitative estimate of drug-likeness (QED) is 0.675. The lowest BCUT2D eigenvalue weighted by atomic mass is 9.79. The molecule has 1 aromatic carbocycles. The minimum Gasteiger partial charge on any atom is -0.465 e. The maximum absolute atomic E-state index is 13.4. The van der Waals surface area contributed by atoms with Gasteiger partial charge in [-0.3, -0.25) is 19.3 Å². The molecule has 2 aliphatic heterocycles. The van der Waals surface area contributed by atoms with Gasteiger partial charge in [0.25, 0.3) is 0 Å². The van der Waals surface area contributed by atoms with Gasteiger partial charge in [-0.25, -0.2) is 4.79 Å². The number of hydrogen-bond donors (Lipinski definition) is 3. The number of likely N-dealkylation sites (N-methyl/N-ethyl adjacent to an activating group) is 1. The van der Waals surface area contributed by atoms with E-state index < -0.39 is 35.4 Å². The molecule has 0 radical (unpaired) electrons. The molecule has 1 spiro atoms. The van der Waals surface area contributed by atoms with Crippen molar-refractivity contribution in [3.05, 3.63) is 29.8 Å². The van der Waals surface area contributed by atoms with Gasteiger partial charge in [0.1, 0.15) is 12.1 Å². The molecule has 156 valence electrons. The Balaban J connectivity index is 2.00. The van der Waals surface area contributed by atoms with Crippen molar-refractivity contribution in [2.75, 3.05) is 18.9 Å². The monoisotopic (exact) mass is 402 g/mol. The van der Waals surface area contributed by atoms with Gasteiger partial charge in [0.05, 0.1) is 5.41 Å². The van der Waals surface area contributed by atoms with Crippen LogP contribution < -0.4 is 11.1 Å². The maximum atomic E-state index is 13.4. The van der Waals surface area contributed by atoms with E-state index in [1.165, 1.54) is 11.9 Å². The Kier molecular flexibility index (Phi) is 5.25. The lowest BCUT2D eigenvalue weighted by Gasteiger charge is -2.32. The summed E-state index contributed by atoms with van der Waals surface area (Å²) >= 11 is 0. The Labute approximate surface area is 168 Å². The molecule has 0 aliphatic carbocycles. The first-order chi connectivity index (χ1) is 13.6. The second kappa shape index (κ2) is 7.38. The van der Waals surface area contributed by atoms with Gasteiger partial charge < -0.3 is 21.1 Å². The highest BCUT2D eigenvalue weighted by Gasteiger charge is 2.57. The van der Waals surface area contributed by atoms with Gasteiger partial charge in [-0.05, 0) is 30.4 Å². The van der Waals surface area contributed by atoms with E-state index in [1.54, 1.807) is 24.3 Å². The smallest absolute Gasteiger partial charge is 0.407 e. The van der Waals surface area contributed by atoms with Crippen LogP contribution in [0.5, 0.6) is 0 Å². The summed E-state index contributed by atoms with van der Waals surface area (Å²) in [5.41, 5.74) is 5.88. The van der Waals surface area contributed by atoms with E-state index in [9.17, 15) is 24.3 Å². The van der Waals surface area contributed by atoms with E-state index in [0.29, 0.717) is 12.1 Å². The van der Waals surface area contributed by atoms with Crippen molar-refractivity contribution in [2.24, 2.45) is 11.7 Å². The fourth-order valence-corrected chi connectivity index (χ4v) is 4.32. The largest absolute Gasteiger partial charge is 0.465 e. The number of rotatable bonds is 5. The van der Waals surface area contributed by atoms with E-state index in [0.717, 1.165) is 10.5 Å². The molecule has 0 bridgehead atoms. The van der Waals surface area contributed by atoms with Crippen LogP contribution in [0.25, 0.3) is 0 Å². The lowest BCUT2D eigenvalue weighted by Crippen LogP contribution is -2.53. The van der Waals surface area contributed by atoms with E-state index >= 15 is 0 Å². The first-order valence-corrected chi connectivity index (χ1v) is 9.55. The van der Waals surface area contributed by atoms with Crippen LogP contribution in [0.1, 0.15) is 32.3 Å². The normalized spacial score (nSPS) is 23.8. The number of anilines is 1. The van der Waals surface area contributed by atoms with Crippen molar-refractivity contribution in [1.29, 1.82) is 0 Å². The van der Waals surface area contributed by atoms with E-state index in [-0.39, 0.29) is 24.8 Å². The van der Waals surface area contributed by atoms with Gasteiger partial charge in [0.2, 0.25) is 17.7 Å². The molecule has 1 aromatic rings. The van der Waals surface area contributed by atoms with Crippen molar-refractivity contribution < 1.29 is 24.3 Å². The summed E-state index contributed by atoms with van der Waals surface area (Å²) in [6.45, 7) is 3.74. The van der Waals surface area contributed by atoms with Crippen LogP contribution in [0.2, 0.25) is 0 Å². The van der Waals surface area contributed by atoms with Crippen LogP contribution in [0.4, 0.5) is 10.5 Å². The third-order valence-electron chi connectivity index (χ3n) is 5.84. The summed E-state index contributed by atoms with van der Waals surface area (Å²) in [6, 6.07) is 5.20. The predicted octanol–water partition coefficient (Wildman–Crippen LogP) is 0.987. The number of hydrogen-bond acceptors (Lipinski definition) is 4. The van der Waals surface area contributed by atoms with Gasteiger partial charge in [-0.2, -0.15) is 0 Å². The molecule has 2 aliphatic rings. The summed E-state index contributed by atoms with van der Waals surface area (Å²) < 4.78 is 0. The van der Waals surface area contributed by atoms with Gasteiger partial charge in [-0.1, -0.05) is 32.0 Å². The van der Waals surface area contributed by atoms with Crippen LogP contribution in [-0.4, -0.2) is 64.4 Å². The summed E-state index contributed by atoms with van der Waals surface area (Å²) in [5.74, 6) is -1.47. The Hall–Kier alpha value is -3.10. The highest BCUT2D eigenvalue weighted by molar-refractivity contribution is 6.08. The number of fused-ring (bicyclic) bond motifs is 2. The number of carbonyl (C=O) groups excluding carboxylic acids is 3. The van der Waals surface area contributed by atoms with Gasteiger partial charge in [-0.15, -0.1) is 0 Å². The molecule has 9 nitrogen and oxygen atoms in total. The average molecular weight is 402 g/mol. The van der Waals surface area contributed by atoms with Crippen LogP contribution in [0.3, 0.4) is 0 Å². The maximum Gasteiger partial charge on any atom is 0.407 e. The second-order valence-corrected chi connectivity index (χ2v) is 8.21. The SMILES string of the molecule is CC(C)CC(C(=O)N1C[C@]2(C[C@H]1C(N)=O)C(=O)Nc1ccccc12)N(C)C(=O)O. The number of benzene rings is 1. The Bertz CT molecular complexity index is 870. The highest BCUT2D eigenvalue weighted by atomic mass is 16.4. The molecular formula is C20H26N4O5. The number of nitrogens with two attached hydrogens (primary N) is 1. The van der Waals surface area contributed by atoms with E-state index in [2.05, 4.69) is 5.32 Å². The Morgan fingerprint density at radius 3 is 2.59 bits per heavy atom. The first kappa shape index (κ1) is 20.6. The van der Waals surface area contributed by atoms with Crippen LogP contribution in [0.15, 0.2) is 24.3 Å². The zero-order valence-electron chi connectivity index (χ0n) is 16.7. The number of nitrogens with zero attached hydrogens (tertiary/aromatic N) is 2. The Morgan fingerprint density at radius 1 is 1.34 bits per heavy atom. The summed E-state index contributed by atoms with van der Waals surface area (Å²) in [5, 5.41) is 12.2. The molecule has 1 saturated heterocycles. The molecule has 3 atom stereocenters. The van der Waals surface area contributed by atoms with Gasteiger partial charge >= 0.3 is 6.09 Å². The summed E-state index contributed by atoms with van der Waals surface area (Å²) in [7, 11) is 1.33. The molecule has 0 saturated carbocycles.